The first-order valence-corrected chi connectivity index (χ1v) is 8.32. The van der Waals surface area contributed by atoms with Crippen LogP contribution in [0.1, 0.15) is 50.4 Å². The van der Waals surface area contributed by atoms with Gasteiger partial charge in [0.2, 0.25) is 0 Å². The van der Waals surface area contributed by atoms with Gasteiger partial charge in [0.1, 0.15) is 5.82 Å². The lowest BCUT2D eigenvalue weighted by atomic mass is 9.57. The molecule has 1 aromatic heterocycles. The SMILES string of the molecule is CC1(C)C(NCCc2cnc(C3CC3)nc2)[C@@H]2CCO[C@@H]21. The maximum absolute atomic E-state index is 5.84. The molecule has 1 N–H and O–H groups in total. The second-order valence-corrected chi connectivity index (χ2v) is 7.47. The molecule has 2 aliphatic carbocycles. The molecular weight excluding hydrogens is 262 g/mol. The third kappa shape index (κ3) is 2.38. The second-order valence-electron chi connectivity index (χ2n) is 7.47. The molecule has 0 amide bonds. The van der Waals surface area contributed by atoms with Gasteiger partial charge < -0.3 is 10.1 Å². The normalized spacial score (nSPS) is 33.5. The average Bonchev–Trinajstić information content (AvgIpc) is 3.23. The van der Waals surface area contributed by atoms with Crippen molar-refractivity contribution < 1.29 is 4.74 Å². The second kappa shape index (κ2) is 5.03. The lowest BCUT2D eigenvalue weighted by Gasteiger charge is -2.55. The molecule has 21 heavy (non-hydrogen) atoms. The third-order valence-electron chi connectivity index (χ3n) is 5.55. The summed E-state index contributed by atoms with van der Waals surface area (Å²) in [5, 5.41) is 3.74. The van der Waals surface area contributed by atoms with E-state index in [4.69, 9.17) is 4.74 Å². The highest BCUT2D eigenvalue weighted by molar-refractivity contribution is 5.13. The van der Waals surface area contributed by atoms with Crippen LogP contribution in [0.3, 0.4) is 0 Å². The minimum absolute atomic E-state index is 0.271. The van der Waals surface area contributed by atoms with Gasteiger partial charge in [0, 0.05) is 42.3 Å². The van der Waals surface area contributed by atoms with Crippen LogP contribution in [0, 0.1) is 11.3 Å². The molecular formula is C17H25N3O. The lowest BCUT2D eigenvalue weighted by molar-refractivity contribution is -0.112. The number of aromatic nitrogens is 2. The van der Waals surface area contributed by atoms with Gasteiger partial charge in [-0.15, -0.1) is 0 Å². The molecule has 0 aromatic carbocycles. The Labute approximate surface area is 126 Å². The molecule has 3 fully saturated rings. The summed E-state index contributed by atoms with van der Waals surface area (Å²) in [6.45, 7) is 6.59. The Morgan fingerprint density at radius 2 is 2.00 bits per heavy atom. The largest absolute Gasteiger partial charge is 0.377 e. The molecule has 4 nitrogen and oxygen atoms in total. The first kappa shape index (κ1) is 13.6. The van der Waals surface area contributed by atoms with E-state index in [1.54, 1.807) is 0 Å². The van der Waals surface area contributed by atoms with Crippen LogP contribution >= 0.6 is 0 Å². The topological polar surface area (TPSA) is 47.0 Å². The summed E-state index contributed by atoms with van der Waals surface area (Å²) < 4.78 is 5.84. The Morgan fingerprint density at radius 3 is 2.71 bits per heavy atom. The molecule has 1 aliphatic heterocycles. The maximum atomic E-state index is 5.84. The van der Waals surface area contributed by atoms with Gasteiger partial charge in [0.15, 0.2) is 0 Å². The van der Waals surface area contributed by atoms with Gasteiger partial charge in [-0.2, -0.15) is 0 Å². The van der Waals surface area contributed by atoms with E-state index in [0.717, 1.165) is 25.4 Å². The molecule has 0 radical (unpaired) electrons. The summed E-state index contributed by atoms with van der Waals surface area (Å²) in [5.74, 6) is 2.40. The Balaban J connectivity index is 1.29. The van der Waals surface area contributed by atoms with Crippen molar-refractivity contribution >= 4 is 0 Å². The van der Waals surface area contributed by atoms with Gasteiger partial charge in [0.05, 0.1) is 6.10 Å². The number of rotatable bonds is 5. The summed E-state index contributed by atoms with van der Waals surface area (Å²) in [4.78, 5) is 8.99. The van der Waals surface area contributed by atoms with Crippen molar-refractivity contribution in [2.24, 2.45) is 11.3 Å². The fourth-order valence-corrected chi connectivity index (χ4v) is 4.16. The van der Waals surface area contributed by atoms with Crippen molar-refractivity contribution in [1.29, 1.82) is 0 Å². The zero-order valence-corrected chi connectivity index (χ0v) is 13.0. The van der Waals surface area contributed by atoms with Gasteiger partial charge in [-0.05, 0) is 37.8 Å². The van der Waals surface area contributed by atoms with Gasteiger partial charge in [-0.1, -0.05) is 13.8 Å². The van der Waals surface area contributed by atoms with E-state index in [1.807, 2.05) is 12.4 Å². The summed E-state index contributed by atoms with van der Waals surface area (Å²) in [5.41, 5.74) is 1.51. The zero-order chi connectivity index (χ0) is 14.4. The predicted octanol–water partition coefficient (Wildman–Crippen LogP) is 2.30. The number of ether oxygens (including phenoxy) is 1. The molecule has 2 heterocycles. The molecule has 2 saturated carbocycles. The minimum atomic E-state index is 0.271. The van der Waals surface area contributed by atoms with E-state index in [0.29, 0.717) is 24.0 Å². The monoisotopic (exact) mass is 287 g/mol. The minimum Gasteiger partial charge on any atom is -0.377 e. The first-order chi connectivity index (χ1) is 10.2. The van der Waals surface area contributed by atoms with Crippen molar-refractivity contribution in [2.75, 3.05) is 13.2 Å². The third-order valence-corrected chi connectivity index (χ3v) is 5.55. The number of hydrogen-bond acceptors (Lipinski definition) is 4. The van der Waals surface area contributed by atoms with E-state index >= 15 is 0 Å². The van der Waals surface area contributed by atoms with Crippen LogP contribution in [-0.4, -0.2) is 35.3 Å². The molecule has 114 valence electrons. The van der Waals surface area contributed by atoms with E-state index < -0.39 is 0 Å². The van der Waals surface area contributed by atoms with Crippen LogP contribution < -0.4 is 5.32 Å². The van der Waals surface area contributed by atoms with E-state index in [-0.39, 0.29) is 5.41 Å². The molecule has 1 unspecified atom stereocenters. The molecule has 3 aliphatic rings. The highest BCUT2D eigenvalue weighted by Crippen LogP contribution is 2.52. The maximum Gasteiger partial charge on any atom is 0.131 e. The van der Waals surface area contributed by atoms with Gasteiger partial charge in [-0.3, -0.25) is 0 Å². The molecule has 4 rings (SSSR count). The summed E-state index contributed by atoms with van der Waals surface area (Å²) in [6.07, 6.45) is 9.24. The Bertz CT molecular complexity index is 509. The van der Waals surface area contributed by atoms with Crippen LogP contribution in [0.4, 0.5) is 0 Å². The number of hydrogen-bond donors (Lipinski definition) is 1. The fourth-order valence-electron chi connectivity index (χ4n) is 4.16. The summed E-state index contributed by atoms with van der Waals surface area (Å²) >= 11 is 0. The molecule has 0 bridgehead atoms. The van der Waals surface area contributed by atoms with Crippen LogP contribution in [0.15, 0.2) is 12.4 Å². The number of nitrogens with one attached hydrogen (secondary N) is 1. The van der Waals surface area contributed by atoms with Gasteiger partial charge >= 0.3 is 0 Å². The van der Waals surface area contributed by atoms with E-state index in [9.17, 15) is 0 Å². The van der Waals surface area contributed by atoms with Gasteiger partial charge in [0.25, 0.3) is 0 Å². The Kier molecular flexibility index (Phi) is 3.27. The summed E-state index contributed by atoms with van der Waals surface area (Å²) in [6, 6.07) is 0.594. The van der Waals surface area contributed by atoms with Crippen molar-refractivity contribution in [1.82, 2.24) is 15.3 Å². The van der Waals surface area contributed by atoms with Crippen molar-refractivity contribution in [3.05, 3.63) is 23.8 Å². The highest BCUT2D eigenvalue weighted by Gasteiger charge is 2.58. The molecule has 4 heteroatoms. The van der Waals surface area contributed by atoms with Crippen molar-refractivity contribution in [2.45, 2.75) is 57.6 Å². The highest BCUT2D eigenvalue weighted by atomic mass is 16.5. The molecule has 1 aromatic rings. The quantitative estimate of drug-likeness (QED) is 0.902. The van der Waals surface area contributed by atoms with Crippen LogP contribution in [-0.2, 0) is 11.2 Å². The average molecular weight is 287 g/mol. The fraction of sp³-hybridized carbons (Fsp3) is 0.765. The number of fused-ring (bicyclic) bond motifs is 1. The molecule has 0 spiro atoms. The van der Waals surface area contributed by atoms with Crippen LogP contribution in [0.5, 0.6) is 0 Å². The Hall–Kier alpha value is -1.00. The lowest BCUT2D eigenvalue weighted by Crippen LogP contribution is -2.66. The smallest absolute Gasteiger partial charge is 0.131 e. The van der Waals surface area contributed by atoms with E-state index in [1.165, 1.54) is 24.8 Å². The number of nitrogens with zero attached hydrogens (tertiary/aromatic N) is 2. The van der Waals surface area contributed by atoms with Gasteiger partial charge in [-0.25, -0.2) is 9.97 Å². The Morgan fingerprint density at radius 1 is 1.24 bits per heavy atom. The molecule has 1 saturated heterocycles. The first-order valence-electron chi connectivity index (χ1n) is 8.32. The van der Waals surface area contributed by atoms with Crippen LogP contribution in [0.2, 0.25) is 0 Å². The van der Waals surface area contributed by atoms with Crippen molar-refractivity contribution in [3.63, 3.8) is 0 Å². The van der Waals surface area contributed by atoms with E-state index in [2.05, 4.69) is 29.1 Å². The standard InChI is InChI=1S/C17H25N3O/c1-17(2)14(13-6-8-21-15(13)17)18-7-5-11-9-19-16(20-10-11)12-3-4-12/h9-10,12-15,18H,3-8H2,1-2H3/t13-,14?,15-/m0/s1. The predicted molar refractivity (Wildman–Crippen MR) is 81.1 cm³/mol. The van der Waals surface area contributed by atoms with Crippen molar-refractivity contribution in [3.8, 4) is 0 Å². The molecule has 3 atom stereocenters. The van der Waals surface area contributed by atoms with Crippen LogP contribution in [0.25, 0.3) is 0 Å². The summed E-state index contributed by atoms with van der Waals surface area (Å²) in [7, 11) is 0. The zero-order valence-electron chi connectivity index (χ0n) is 13.0.